The molecule has 0 spiro atoms. The van der Waals surface area contributed by atoms with Gasteiger partial charge in [0.25, 0.3) is 0 Å². The number of benzene rings is 2. The van der Waals surface area contributed by atoms with Gasteiger partial charge in [0, 0.05) is 59.8 Å². The van der Waals surface area contributed by atoms with Crippen LogP contribution >= 0.6 is 11.6 Å². The van der Waals surface area contributed by atoms with Crippen LogP contribution in [0.4, 0.5) is 5.69 Å². The lowest BCUT2D eigenvalue weighted by atomic mass is 10.1. The molecule has 0 unspecified atom stereocenters. The lowest BCUT2D eigenvalue weighted by molar-refractivity contribution is -0.116. The summed E-state index contributed by atoms with van der Waals surface area (Å²) < 4.78 is 2.33. The highest BCUT2D eigenvalue weighted by atomic mass is 35.5. The largest absolute Gasteiger partial charge is 0.344 e. The van der Waals surface area contributed by atoms with Gasteiger partial charge in [0.2, 0.25) is 5.91 Å². The molecular formula is C21H22ClN3O. The molecule has 26 heavy (non-hydrogen) atoms. The second-order valence-corrected chi connectivity index (χ2v) is 7.32. The van der Waals surface area contributed by atoms with E-state index in [0.717, 1.165) is 25.2 Å². The molecule has 0 radical (unpaired) electrons. The second-order valence-electron chi connectivity index (χ2n) is 6.89. The first-order valence-corrected chi connectivity index (χ1v) is 9.32. The Balaban J connectivity index is 1.54. The Morgan fingerprint density at radius 1 is 1.15 bits per heavy atom. The van der Waals surface area contributed by atoms with E-state index in [9.17, 15) is 4.79 Å². The van der Waals surface area contributed by atoms with E-state index in [-0.39, 0.29) is 5.91 Å². The Labute approximate surface area is 158 Å². The van der Waals surface area contributed by atoms with Gasteiger partial charge < -0.3 is 14.8 Å². The third-order valence-corrected chi connectivity index (χ3v) is 5.29. The predicted molar refractivity (Wildman–Crippen MR) is 107 cm³/mol. The molecule has 4 rings (SSSR count). The van der Waals surface area contributed by atoms with Crippen molar-refractivity contribution < 1.29 is 4.79 Å². The van der Waals surface area contributed by atoms with Crippen molar-refractivity contribution in [3.05, 3.63) is 64.8 Å². The minimum absolute atomic E-state index is 0.0202. The lowest BCUT2D eigenvalue weighted by Gasteiger charge is -2.24. The van der Waals surface area contributed by atoms with Crippen LogP contribution in [0, 0.1) is 0 Å². The molecule has 5 heteroatoms. The van der Waals surface area contributed by atoms with E-state index >= 15 is 0 Å². The molecule has 1 aliphatic rings. The van der Waals surface area contributed by atoms with Gasteiger partial charge in [0.05, 0.1) is 0 Å². The Morgan fingerprint density at radius 3 is 2.73 bits per heavy atom. The highest BCUT2D eigenvalue weighted by molar-refractivity contribution is 6.30. The number of hydrogen-bond acceptors (Lipinski definition) is 2. The minimum atomic E-state index is 0.0202. The summed E-state index contributed by atoms with van der Waals surface area (Å²) in [5, 5.41) is 4.92. The molecule has 0 aliphatic carbocycles. The van der Waals surface area contributed by atoms with Crippen LogP contribution in [-0.4, -0.2) is 29.0 Å². The van der Waals surface area contributed by atoms with Crippen molar-refractivity contribution in [2.24, 2.45) is 0 Å². The quantitative estimate of drug-likeness (QED) is 0.746. The van der Waals surface area contributed by atoms with Gasteiger partial charge in [0.15, 0.2) is 0 Å². The van der Waals surface area contributed by atoms with Crippen LogP contribution in [0.2, 0.25) is 5.02 Å². The van der Waals surface area contributed by atoms with E-state index in [0.29, 0.717) is 18.0 Å². The topological polar surface area (TPSA) is 37.3 Å². The van der Waals surface area contributed by atoms with Gasteiger partial charge in [-0.05, 0) is 42.9 Å². The Kier molecular flexibility index (Phi) is 4.70. The highest BCUT2D eigenvalue weighted by Crippen LogP contribution is 2.30. The second kappa shape index (κ2) is 7.14. The van der Waals surface area contributed by atoms with Crippen LogP contribution in [0.3, 0.4) is 0 Å². The number of amides is 1. The molecule has 0 saturated carbocycles. The fourth-order valence-corrected chi connectivity index (χ4v) is 3.89. The van der Waals surface area contributed by atoms with Crippen LogP contribution < -0.4 is 5.32 Å². The molecule has 0 fully saturated rings. The summed E-state index contributed by atoms with van der Waals surface area (Å²) in [5.74, 6) is 0.0202. The summed E-state index contributed by atoms with van der Waals surface area (Å²) in [7, 11) is 2.16. The monoisotopic (exact) mass is 367 g/mol. The van der Waals surface area contributed by atoms with E-state index < -0.39 is 0 Å². The van der Waals surface area contributed by atoms with Gasteiger partial charge in [-0.3, -0.25) is 4.79 Å². The predicted octanol–water partition coefficient (Wildman–Crippen LogP) is 4.31. The summed E-state index contributed by atoms with van der Waals surface area (Å²) in [4.78, 5) is 14.7. The molecule has 4 nitrogen and oxygen atoms in total. The first-order chi connectivity index (χ1) is 12.6. The van der Waals surface area contributed by atoms with Crippen LogP contribution in [-0.2, 0) is 24.3 Å². The third kappa shape index (κ3) is 3.35. The summed E-state index contributed by atoms with van der Waals surface area (Å²) in [6.07, 6.45) is 1.48. The molecule has 1 amide bonds. The first kappa shape index (κ1) is 17.1. The summed E-state index contributed by atoms with van der Waals surface area (Å²) in [6.45, 7) is 2.72. The number of anilines is 1. The van der Waals surface area contributed by atoms with Crippen molar-refractivity contribution in [1.29, 1.82) is 0 Å². The summed E-state index contributed by atoms with van der Waals surface area (Å²) in [6, 6.07) is 15.7. The number of nitrogens with zero attached hydrogens (tertiary/aromatic N) is 2. The van der Waals surface area contributed by atoms with E-state index in [1.165, 1.54) is 22.2 Å². The zero-order valence-electron chi connectivity index (χ0n) is 14.8. The van der Waals surface area contributed by atoms with Gasteiger partial charge in [-0.1, -0.05) is 29.8 Å². The number of halogens is 1. The average molecular weight is 368 g/mol. The molecule has 0 atom stereocenters. The molecular weight excluding hydrogens is 346 g/mol. The molecule has 2 heterocycles. The smallest absolute Gasteiger partial charge is 0.226 e. The average Bonchev–Trinajstić information content (AvgIpc) is 2.95. The molecule has 3 aromatic rings. The van der Waals surface area contributed by atoms with Crippen molar-refractivity contribution in [3.63, 3.8) is 0 Å². The highest BCUT2D eigenvalue weighted by Gasteiger charge is 2.22. The summed E-state index contributed by atoms with van der Waals surface area (Å²) >= 11 is 5.89. The maximum absolute atomic E-state index is 12.4. The van der Waals surface area contributed by atoms with Gasteiger partial charge in [-0.25, -0.2) is 0 Å². The molecule has 1 aliphatic heterocycles. The van der Waals surface area contributed by atoms with Crippen molar-refractivity contribution in [1.82, 2.24) is 9.47 Å². The van der Waals surface area contributed by atoms with Gasteiger partial charge >= 0.3 is 0 Å². The number of aromatic nitrogens is 1. The van der Waals surface area contributed by atoms with E-state index in [1.54, 1.807) is 12.1 Å². The lowest BCUT2D eigenvalue weighted by Crippen LogP contribution is -2.27. The first-order valence-electron chi connectivity index (χ1n) is 8.95. The SMILES string of the molecule is CN1CCc2c(c3ccccc3n2CCC(=O)Nc2ccc(Cl)cc2)C1. The fourth-order valence-electron chi connectivity index (χ4n) is 3.76. The van der Waals surface area contributed by atoms with Crippen molar-refractivity contribution in [2.45, 2.75) is 25.9 Å². The number of carbonyl (C=O) groups excluding carboxylic acids is 1. The standard InChI is InChI=1S/C21H22ClN3O/c1-24-12-10-20-18(14-24)17-4-2-3-5-19(17)25(20)13-11-21(26)23-16-8-6-15(22)7-9-16/h2-9H,10-14H2,1H3,(H,23,26). The zero-order chi connectivity index (χ0) is 18.1. The van der Waals surface area contributed by atoms with E-state index in [4.69, 9.17) is 11.6 Å². The normalized spacial score (nSPS) is 14.4. The van der Waals surface area contributed by atoms with Gasteiger partial charge in [0.1, 0.15) is 0 Å². The molecule has 2 aromatic carbocycles. The van der Waals surface area contributed by atoms with Crippen molar-refractivity contribution in [2.75, 3.05) is 18.9 Å². The van der Waals surface area contributed by atoms with Crippen molar-refractivity contribution in [3.8, 4) is 0 Å². The maximum Gasteiger partial charge on any atom is 0.226 e. The number of carbonyl (C=O) groups is 1. The third-order valence-electron chi connectivity index (χ3n) is 5.04. The molecule has 0 bridgehead atoms. The Bertz CT molecular complexity index is 946. The van der Waals surface area contributed by atoms with E-state index in [1.807, 2.05) is 12.1 Å². The minimum Gasteiger partial charge on any atom is -0.344 e. The number of likely N-dealkylation sites (N-methyl/N-ethyl adjacent to an activating group) is 1. The number of fused-ring (bicyclic) bond motifs is 3. The molecule has 0 saturated heterocycles. The number of hydrogen-bond donors (Lipinski definition) is 1. The summed E-state index contributed by atoms with van der Waals surface area (Å²) in [5.41, 5.74) is 4.79. The van der Waals surface area contributed by atoms with Crippen molar-refractivity contribution >= 4 is 34.1 Å². The zero-order valence-corrected chi connectivity index (χ0v) is 15.6. The number of nitrogens with one attached hydrogen (secondary N) is 1. The number of aryl methyl sites for hydroxylation is 1. The van der Waals surface area contributed by atoms with E-state index in [2.05, 4.69) is 46.1 Å². The Morgan fingerprint density at radius 2 is 1.92 bits per heavy atom. The van der Waals surface area contributed by atoms with Crippen LogP contribution in [0.25, 0.3) is 10.9 Å². The molecule has 134 valence electrons. The fraction of sp³-hybridized carbons (Fsp3) is 0.286. The van der Waals surface area contributed by atoms with Gasteiger partial charge in [-0.2, -0.15) is 0 Å². The number of para-hydroxylation sites is 1. The van der Waals surface area contributed by atoms with Crippen LogP contribution in [0.5, 0.6) is 0 Å². The number of rotatable bonds is 4. The Hall–Kier alpha value is -2.30. The van der Waals surface area contributed by atoms with Crippen LogP contribution in [0.1, 0.15) is 17.7 Å². The molecule has 1 aromatic heterocycles. The maximum atomic E-state index is 12.4. The van der Waals surface area contributed by atoms with Crippen LogP contribution in [0.15, 0.2) is 48.5 Å². The molecule has 1 N–H and O–H groups in total. The van der Waals surface area contributed by atoms with Gasteiger partial charge in [-0.15, -0.1) is 0 Å².